The van der Waals surface area contributed by atoms with E-state index >= 15 is 0 Å². The molecule has 2 aromatic carbocycles. The van der Waals surface area contributed by atoms with Crippen LogP contribution in [0.3, 0.4) is 0 Å². The molecule has 0 saturated carbocycles. The molecule has 1 unspecified atom stereocenters. The molecule has 2 amide bonds. The number of aromatic nitrogens is 1. The van der Waals surface area contributed by atoms with E-state index in [0.717, 1.165) is 20.8 Å². The van der Waals surface area contributed by atoms with Gasteiger partial charge in [0.1, 0.15) is 16.0 Å². The zero-order valence-corrected chi connectivity index (χ0v) is 19.3. The van der Waals surface area contributed by atoms with Gasteiger partial charge in [0.25, 0.3) is 0 Å². The van der Waals surface area contributed by atoms with Crippen molar-refractivity contribution in [3.63, 3.8) is 0 Å². The van der Waals surface area contributed by atoms with Gasteiger partial charge in [-0.15, -0.1) is 11.3 Å². The zero-order valence-electron chi connectivity index (χ0n) is 17.7. The lowest BCUT2D eigenvalue weighted by Crippen LogP contribution is -2.28. The monoisotopic (exact) mass is 476 g/mol. The van der Waals surface area contributed by atoms with Crippen LogP contribution in [-0.2, 0) is 16.1 Å². The van der Waals surface area contributed by atoms with Gasteiger partial charge in [0.15, 0.2) is 5.17 Å². The molecule has 33 heavy (non-hydrogen) atoms. The fraction of sp³-hybridized carbons (Fsp3) is 0.167. The molecule has 0 bridgehead atoms. The number of aliphatic imine (C=N–C) groups is 1. The van der Waals surface area contributed by atoms with Gasteiger partial charge in [-0.25, -0.2) is 4.98 Å². The molecular formula is C24H20N4O3S2. The highest BCUT2D eigenvalue weighted by Crippen LogP contribution is 2.31. The third-order valence-electron chi connectivity index (χ3n) is 5.07. The maximum Gasteiger partial charge on any atom is 0.240 e. The first-order valence-electron chi connectivity index (χ1n) is 10.4. The molecule has 0 radical (unpaired) electrons. The number of furan rings is 1. The Morgan fingerprint density at radius 1 is 1.21 bits per heavy atom. The van der Waals surface area contributed by atoms with Gasteiger partial charge in [-0.1, -0.05) is 17.8 Å². The number of fused-ring (bicyclic) bond motifs is 1. The minimum absolute atomic E-state index is 0.0647. The summed E-state index contributed by atoms with van der Waals surface area (Å²) in [6, 6.07) is 17.4. The van der Waals surface area contributed by atoms with Crippen LogP contribution < -0.4 is 10.6 Å². The van der Waals surface area contributed by atoms with Crippen LogP contribution in [-0.4, -0.2) is 27.2 Å². The lowest BCUT2D eigenvalue weighted by Gasteiger charge is -2.08. The number of amidine groups is 1. The Bertz CT molecular complexity index is 1340. The van der Waals surface area contributed by atoms with E-state index in [-0.39, 0.29) is 18.2 Å². The van der Waals surface area contributed by atoms with Crippen LogP contribution in [0.25, 0.3) is 20.8 Å². The van der Waals surface area contributed by atoms with Crippen molar-refractivity contribution in [3.8, 4) is 10.6 Å². The molecule has 2 N–H and O–H groups in total. The lowest BCUT2D eigenvalue weighted by molar-refractivity contribution is -0.122. The van der Waals surface area contributed by atoms with Crippen LogP contribution in [0.4, 0.5) is 5.69 Å². The van der Waals surface area contributed by atoms with E-state index in [4.69, 9.17) is 9.40 Å². The highest BCUT2D eigenvalue weighted by Gasteiger charge is 2.32. The summed E-state index contributed by atoms with van der Waals surface area (Å²) in [5.41, 5.74) is 3.86. The Balaban J connectivity index is 1.18. The zero-order chi connectivity index (χ0) is 22.8. The van der Waals surface area contributed by atoms with Crippen molar-refractivity contribution in [2.45, 2.75) is 25.1 Å². The molecule has 1 fully saturated rings. The average molecular weight is 477 g/mol. The molecule has 2 aromatic heterocycles. The minimum atomic E-state index is -0.508. The molecule has 7 nitrogen and oxygen atoms in total. The Hall–Kier alpha value is -3.43. The predicted octanol–water partition coefficient (Wildman–Crippen LogP) is 4.98. The summed E-state index contributed by atoms with van der Waals surface area (Å²) in [7, 11) is 0. The van der Waals surface area contributed by atoms with Crippen molar-refractivity contribution in [3.05, 3.63) is 72.2 Å². The third-order valence-corrected chi connectivity index (χ3v) is 7.25. The van der Waals surface area contributed by atoms with E-state index < -0.39 is 5.25 Å². The number of carbonyl (C=O) groups excluding carboxylic acids is 2. The fourth-order valence-electron chi connectivity index (χ4n) is 3.40. The average Bonchev–Trinajstić information content (AvgIpc) is 3.53. The van der Waals surface area contributed by atoms with Crippen molar-refractivity contribution in [1.82, 2.24) is 10.3 Å². The second-order valence-electron chi connectivity index (χ2n) is 7.62. The standard InChI is InChI=1S/C24H20N4O3S2/c1-14-4-9-18-19(11-14)32-23(27-18)15-5-7-16(8-6-15)26-21(29)12-20-22(30)28-24(33-20)25-13-17-3-2-10-31-17/h2-11,20H,12-13H2,1H3,(H,26,29)(H,25,28,30). The summed E-state index contributed by atoms with van der Waals surface area (Å²) < 4.78 is 6.39. The Morgan fingerprint density at radius 3 is 2.85 bits per heavy atom. The van der Waals surface area contributed by atoms with Crippen LogP contribution in [0.1, 0.15) is 17.7 Å². The molecule has 166 valence electrons. The number of rotatable bonds is 6. The van der Waals surface area contributed by atoms with Crippen LogP contribution >= 0.6 is 23.1 Å². The van der Waals surface area contributed by atoms with Crippen LogP contribution in [0.2, 0.25) is 0 Å². The van der Waals surface area contributed by atoms with Crippen LogP contribution in [0.15, 0.2) is 70.3 Å². The molecule has 1 saturated heterocycles. The number of aryl methyl sites for hydroxylation is 1. The molecule has 3 heterocycles. The van der Waals surface area contributed by atoms with Crippen LogP contribution in [0, 0.1) is 6.92 Å². The number of nitrogens with one attached hydrogen (secondary N) is 2. The number of anilines is 1. The van der Waals surface area contributed by atoms with Crippen molar-refractivity contribution in [2.24, 2.45) is 4.99 Å². The van der Waals surface area contributed by atoms with Gasteiger partial charge in [0.05, 0.1) is 23.0 Å². The summed E-state index contributed by atoms with van der Waals surface area (Å²) in [5, 5.41) is 6.52. The highest BCUT2D eigenvalue weighted by atomic mass is 32.2. The van der Waals surface area contributed by atoms with E-state index in [1.165, 1.54) is 17.3 Å². The van der Waals surface area contributed by atoms with Gasteiger partial charge in [0.2, 0.25) is 11.8 Å². The number of nitrogens with zero attached hydrogens (tertiary/aromatic N) is 2. The number of carbonyl (C=O) groups is 2. The molecule has 1 atom stereocenters. The molecular weight excluding hydrogens is 456 g/mol. The molecule has 1 aliphatic rings. The predicted molar refractivity (Wildman–Crippen MR) is 132 cm³/mol. The molecule has 1 aliphatic heterocycles. The Labute approximate surface area is 198 Å². The second-order valence-corrected chi connectivity index (χ2v) is 9.84. The van der Waals surface area contributed by atoms with E-state index in [9.17, 15) is 9.59 Å². The van der Waals surface area contributed by atoms with E-state index in [2.05, 4.69) is 34.7 Å². The third kappa shape index (κ3) is 4.99. The summed E-state index contributed by atoms with van der Waals surface area (Å²) in [6.45, 7) is 2.41. The van der Waals surface area contributed by atoms with Gasteiger partial charge in [-0.05, 0) is 61.0 Å². The number of hydrogen-bond donors (Lipinski definition) is 2. The van der Waals surface area contributed by atoms with Crippen molar-refractivity contribution in [1.29, 1.82) is 0 Å². The van der Waals surface area contributed by atoms with Gasteiger partial charge < -0.3 is 15.1 Å². The molecule has 5 rings (SSSR count). The molecule has 4 aromatic rings. The number of thioether (sulfide) groups is 1. The van der Waals surface area contributed by atoms with Gasteiger partial charge in [0, 0.05) is 17.7 Å². The van der Waals surface area contributed by atoms with Crippen LogP contribution in [0.5, 0.6) is 0 Å². The fourth-order valence-corrected chi connectivity index (χ4v) is 5.44. The van der Waals surface area contributed by atoms with Crippen molar-refractivity contribution in [2.75, 3.05) is 5.32 Å². The lowest BCUT2D eigenvalue weighted by atomic mass is 10.2. The molecule has 9 heteroatoms. The molecule has 0 aliphatic carbocycles. The first kappa shape index (κ1) is 21.4. The minimum Gasteiger partial charge on any atom is -0.467 e. The summed E-state index contributed by atoms with van der Waals surface area (Å²) >= 11 is 2.91. The topological polar surface area (TPSA) is 96.6 Å². The molecule has 0 spiro atoms. The SMILES string of the molecule is Cc1ccc2nc(-c3ccc(NC(=O)CC4SC(=NCc5ccco5)NC4=O)cc3)sc2c1. The van der Waals surface area contributed by atoms with E-state index in [1.807, 2.05) is 36.4 Å². The second kappa shape index (κ2) is 9.21. The summed E-state index contributed by atoms with van der Waals surface area (Å²) in [4.78, 5) is 33.7. The number of hydrogen-bond acceptors (Lipinski definition) is 7. The first-order chi connectivity index (χ1) is 16.0. The number of benzene rings is 2. The highest BCUT2D eigenvalue weighted by molar-refractivity contribution is 8.15. The largest absolute Gasteiger partial charge is 0.467 e. The maximum atomic E-state index is 12.5. The number of amides is 2. The normalized spacial score (nSPS) is 16.9. The van der Waals surface area contributed by atoms with Crippen molar-refractivity contribution >= 4 is 56.0 Å². The first-order valence-corrected chi connectivity index (χ1v) is 12.0. The maximum absolute atomic E-state index is 12.5. The quantitative estimate of drug-likeness (QED) is 0.409. The van der Waals surface area contributed by atoms with E-state index in [0.29, 0.717) is 23.2 Å². The smallest absolute Gasteiger partial charge is 0.240 e. The van der Waals surface area contributed by atoms with E-state index in [1.54, 1.807) is 23.7 Å². The van der Waals surface area contributed by atoms with Gasteiger partial charge >= 0.3 is 0 Å². The summed E-state index contributed by atoms with van der Waals surface area (Å²) in [5.74, 6) is 0.274. The Morgan fingerprint density at radius 2 is 2.06 bits per heavy atom. The Kier molecular flexibility index (Phi) is 5.97. The summed E-state index contributed by atoms with van der Waals surface area (Å²) in [6.07, 6.45) is 1.64. The van der Waals surface area contributed by atoms with Crippen molar-refractivity contribution < 1.29 is 14.0 Å². The van der Waals surface area contributed by atoms with Gasteiger partial charge in [-0.2, -0.15) is 0 Å². The van der Waals surface area contributed by atoms with Gasteiger partial charge in [-0.3, -0.25) is 14.6 Å². The number of thiazole rings is 1.